The Kier molecular flexibility index (Phi) is 15.1. The molecule has 12 nitrogen and oxygen atoms in total. The molecule has 2 aliphatic rings. The van der Waals surface area contributed by atoms with Gasteiger partial charge >= 0.3 is 6.09 Å². The normalized spacial score (nSPS) is 13.8. The number of hydrogen-bond acceptors (Lipinski definition) is 10. The Labute approximate surface area is 270 Å². The molecule has 1 aliphatic heterocycles. The van der Waals surface area contributed by atoms with Gasteiger partial charge in [0.2, 0.25) is 0 Å². The largest absolute Gasteiger partial charge is 0.448 e. The molecular weight excluding hydrogens is 596 g/mol. The van der Waals surface area contributed by atoms with Crippen molar-refractivity contribution in [3.63, 3.8) is 0 Å². The monoisotopic (exact) mass is 640 g/mol. The van der Waals surface area contributed by atoms with E-state index in [-0.39, 0.29) is 37.0 Å². The van der Waals surface area contributed by atoms with E-state index in [9.17, 15) is 14.4 Å². The summed E-state index contributed by atoms with van der Waals surface area (Å²) in [7, 11) is 1.70. The Bertz CT molecular complexity index is 1220. The first-order valence-corrected chi connectivity index (χ1v) is 15.6. The van der Waals surface area contributed by atoms with Crippen molar-refractivity contribution in [2.75, 3.05) is 106 Å². The standard InChI is InChI=1S/C34H44N2O10/c1-35(34(39)46-26-31-29-8-4-2-6-27(29)28-7-3-5-9-30(28)31)12-14-40-16-18-42-20-22-44-24-25-45-23-21-43-19-17-41-15-13-36-32(37)10-11-33(36)38/h2-11,31H,12-26H2,1H3. The summed E-state index contributed by atoms with van der Waals surface area (Å²) in [5.74, 6) is -0.586. The predicted molar refractivity (Wildman–Crippen MR) is 168 cm³/mol. The second-order valence-corrected chi connectivity index (χ2v) is 10.6. The molecule has 0 fully saturated rings. The predicted octanol–water partition coefficient (Wildman–Crippen LogP) is 2.89. The molecule has 0 N–H and O–H groups in total. The zero-order valence-corrected chi connectivity index (χ0v) is 26.4. The molecule has 3 amide bonds. The summed E-state index contributed by atoms with van der Waals surface area (Å²) in [6.45, 7) is 5.90. The number of amides is 3. The molecule has 0 spiro atoms. The number of carbonyl (C=O) groups excluding carboxylic acids is 3. The second kappa shape index (κ2) is 19.8. The Morgan fingerprint density at radius 3 is 1.52 bits per heavy atom. The van der Waals surface area contributed by atoms with Crippen LogP contribution in [0.15, 0.2) is 60.7 Å². The molecule has 0 atom stereocenters. The molecule has 46 heavy (non-hydrogen) atoms. The molecule has 1 aliphatic carbocycles. The average Bonchev–Trinajstić information content (AvgIpc) is 3.57. The number of imide groups is 1. The number of hydrogen-bond donors (Lipinski definition) is 0. The molecule has 4 rings (SSSR count). The van der Waals surface area contributed by atoms with Gasteiger partial charge in [0.1, 0.15) is 6.61 Å². The van der Waals surface area contributed by atoms with Gasteiger partial charge < -0.3 is 38.1 Å². The van der Waals surface area contributed by atoms with E-state index in [2.05, 4.69) is 24.3 Å². The fraction of sp³-hybridized carbons (Fsp3) is 0.500. The molecule has 2 aromatic rings. The minimum Gasteiger partial charge on any atom is -0.448 e. The molecule has 0 unspecified atom stereocenters. The van der Waals surface area contributed by atoms with Crippen LogP contribution in [0.5, 0.6) is 0 Å². The number of ether oxygens (including phenoxy) is 7. The van der Waals surface area contributed by atoms with Gasteiger partial charge in [-0.15, -0.1) is 0 Å². The Balaban J connectivity index is 0.889. The minimum absolute atomic E-state index is 0.0339. The van der Waals surface area contributed by atoms with E-state index in [4.69, 9.17) is 33.2 Å². The highest BCUT2D eigenvalue weighted by molar-refractivity contribution is 6.12. The van der Waals surface area contributed by atoms with Gasteiger partial charge in [-0.25, -0.2) is 4.79 Å². The van der Waals surface area contributed by atoms with Gasteiger partial charge in [0, 0.05) is 31.7 Å². The van der Waals surface area contributed by atoms with Crippen molar-refractivity contribution in [3.8, 4) is 11.1 Å². The van der Waals surface area contributed by atoms with Gasteiger partial charge in [0.25, 0.3) is 11.8 Å². The maximum absolute atomic E-state index is 12.6. The lowest BCUT2D eigenvalue weighted by atomic mass is 9.98. The maximum Gasteiger partial charge on any atom is 0.409 e. The third-order valence-corrected chi connectivity index (χ3v) is 7.44. The maximum atomic E-state index is 12.6. The molecule has 250 valence electrons. The lowest BCUT2D eigenvalue weighted by Crippen LogP contribution is -2.33. The van der Waals surface area contributed by atoms with E-state index < -0.39 is 0 Å². The van der Waals surface area contributed by atoms with Crippen molar-refractivity contribution in [1.82, 2.24) is 9.80 Å². The molecule has 12 heteroatoms. The first-order valence-electron chi connectivity index (χ1n) is 15.6. The summed E-state index contributed by atoms with van der Waals surface area (Å²) < 4.78 is 38.5. The van der Waals surface area contributed by atoms with Crippen LogP contribution in [0.2, 0.25) is 0 Å². The molecule has 0 radical (unpaired) electrons. The summed E-state index contributed by atoms with van der Waals surface area (Å²) in [4.78, 5) is 38.1. The first-order chi connectivity index (χ1) is 22.6. The molecule has 0 saturated heterocycles. The van der Waals surface area contributed by atoms with Crippen LogP contribution in [-0.2, 0) is 42.7 Å². The highest BCUT2D eigenvalue weighted by atomic mass is 16.6. The third kappa shape index (κ3) is 11.0. The fourth-order valence-electron chi connectivity index (χ4n) is 5.01. The third-order valence-electron chi connectivity index (χ3n) is 7.44. The minimum atomic E-state index is -0.372. The average molecular weight is 641 g/mol. The van der Waals surface area contributed by atoms with Crippen LogP contribution in [0.4, 0.5) is 4.79 Å². The van der Waals surface area contributed by atoms with Crippen LogP contribution in [-0.4, -0.2) is 134 Å². The smallest absolute Gasteiger partial charge is 0.409 e. The number of benzene rings is 2. The van der Waals surface area contributed by atoms with Gasteiger partial charge in [0.15, 0.2) is 0 Å². The van der Waals surface area contributed by atoms with Crippen molar-refractivity contribution in [2.45, 2.75) is 5.92 Å². The van der Waals surface area contributed by atoms with Gasteiger partial charge in [-0.3, -0.25) is 14.5 Å². The molecule has 0 bridgehead atoms. The number of fused-ring (bicyclic) bond motifs is 3. The summed E-state index contributed by atoms with van der Waals surface area (Å²) >= 11 is 0. The van der Waals surface area contributed by atoms with Crippen molar-refractivity contribution >= 4 is 17.9 Å². The Morgan fingerprint density at radius 1 is 0.630 bits per heavy atom. The number of rotatable bonds is 23. The van der Waals surface area contributed by atoms with Gasteiger partial charge in [0.05, 0.1) is 85.8 Å². The summed E-state index contributed by atoms with van der Waals surface area (Å²) in [5.41, 5.74) is 4.77. The second-order valence-electron chi connectivity index (χ2n) is 10.6. The Morgan fingerprint density at radius 2 is 1.04 bits per heavy atom. The van der Waals surface area contributed by atoms with E-state index in [0.717, 1.165) is 4.90 Å². The zero-order valence-electron chi connectivity index (χ0n) is 26.4. The SMILES string of the molecule is CN(CCOCCOCCOCCOCCOCCOCCN1C(=O)C=CC1=O)C(=O)OCC1c2ccccc2-c2ccccc21. The lowest BCUT2D eigenvalue weighted by Gasteiger charge is -2.19. The molecule has 2 aromatic carbocycles. The highest BCUT2D eigenvalue weighted by Crippen LogP contribution is 2.44. The molecular formula is C34H44N2O10. The quantitative estimate of drug-likeness (QED) is 0.132. The van der Waals surface area contributed by atoms with Crippen LogP contribution in [0.3, 0.4) is 0 Å². The highest BCUT2D eigenvalue weighted by Gasteiger charge is 2.29. The van der Waals surface area contributed by atoms with Crippen LogP contribution >= 0.6 is 0 Å². The Hall–Kier alpha value is -3.65. The van der Waals surface area contributed by atoms with Crippen molar-refractivity contribution in [3.05, 3.63) is 71.8 Å². The molecule has 0 saturated carbocycles. The molecule has 0 aromatic heterocycles. The van der Waals surface area contributed by atoms with E-state index in [1.54, 1.807) is 7.05 Å². The van der Waals surface area contributed by atoms with E-state index in [0.29, 0.717) is 85.8 Å². The number of likely N-dealkylation sites (N-methyl/N-ethyl adjacent to an activating group) is 1. The number of carbonyl (C=O) groups is 3. The van der Waals surface area contributed by atoms with E-state index in [1.807, 2.05) is 24.3 Å². The van der Waals surface area contributed by atoms with Gasteiger partial charge in [-0.05, 0) is 22.3 Å². The lowest BCUT2D eigenvalue weighted by molar-refractivity contribution is -0.137. The summed E-state index contributed by atoms with van der Waals surface area (Å²) in [6.07, 6.45) is 2.13. The zero-order chi connectivity index (χ0) is 32.4. The summed E-state index contributed by atoms with van der Waals surface area (Å²) in [5, 5.41) is 0. The van der Waals surface area contributed by atoms with Crippen molar-refractivity contribution < 1.29 is 47.5 Å². The summed E-state index contributed by atoms with van der Waals surface area (Å²) in [6, 6.07) is 16.5. The van der Waals surface area contributed by atoms with Gasteiger partial charge in [-0.1, -0.05) is 48.5 Å². The van der Waals surface area contributed by atoms with E-state index in [1.165, 1.54) is 39.3 Å². The van der Waals surface area contributed by atoms with Gasteiger partial charge in [-0.2, -0.15) is 0 Å². The molecule has 1 heterocycles. The number of nitrogens with zero attached hydrogens (tertiary/aromatic N) is 2. The fourth-order valence-corrected chi connectivity index (χ4v) is 5.01. The van der Waals surface area contributed by atoms with Crippen LogP contribution < -0.4 is 0 Å². The van der Waals surface area contributed by atoms with Crippen LogP contribution in [0.1, 0.15) is 17.0 Å². The topological polar surface area (TPSA) is 122 Å². The van der Waals surface area contributed by atoms with E-state index >= 15 is 0 Å². The van der Waals surface area contributed by atoms with Crippen molar-refractivity contribution in [1.29, 1.82) is 0 Å². The van der Waals surface area contributed by atoms with Crippen molar-refractivity contribution in [2.24, 2.45) is 0 Å². The van der Waals surface area contributed by atoms with Crippen LogP contribution in [0.25, 0.3) is 11.1 Å². The van der Waals surface area contributed by atoms with Crippen LogP contribution in [0, 0.1) is 0 Å². The first kappa shape index (κ1) is 35.2.